The van der Waals surface area contributed by atoms with Crippen molar-refractivity contribution in [1.29, 1.82) is 5.26 Å². The molecule has 4 aromatic rings. The molecule has 0 saturated heterocycles. The summed E-state index contributed by atoms with van der Waals surface area (Å²) < 4.78 is 0. The van der Waals surface area contributed by atoms with Crippen LogP contribution in [0.15, 0.2) is 49.2 Å². The Hall–Kier alpha value is -4.32. The number of pyridine rings is 3. The number of nitrogens with zero attached hydrogens (tertiary/aromatic N) is 5. The maximum Gasteiger partial charge on any atom is 0.230 e. The summed E-state index contributed by atoms with van der Waals surface area (Å²) in [4.78, 5) is 25.3. The fraction of sp³-hybridized carbons (Fsp3) is 0.143. The lowest BCUT2D eigenvalue weighted by Gasteiger charge is -2.11. The molecule has 0 aliphatic heterocycles. The fourth-order valence-electron chi connectivity index (χ4n) is 3.48. The Labute approximate surface area is 171 Å². The van der Waals surface area contributed by atoms with Crippen LogP contribution in [0.25, 0.3) is 33.2 Å². The number of H-pyrrole nitrogens is 1. The Morgan fingerprint density at radius 2 is 2.17 bits per heavy atom. The first-order chi connectivity index (χ1) is 14.6. The highest BCUT2D eigenvalue weighted by Crippen LogP contribution is 2.38. The molecule has 0 aromatic carbocycles. The van der Waals surface area contributed by atoms with Gasteiger partial charge >= 0.3 is 0 Å². The molecule has 1 amide bonds. The lowest BCUT2D eigenvalue weighted by molar-refractivity contribution is -0.117. The van der Waals surface area contributed by atoms with E-state index < -0.39 is 0 Å². The summed E-state index contributed by atoms with van der Waals surface area (Å²) in [7, 11) is 0. The van der Waals surface area contributed by atoms with Gasteiger partial charge in [-0.15, -0.1) is 0 Å². The Bertz CT molecular complexity index is 1310. The molecule has 0 spiro atoms. The normalized spacial score (nSPS) is 17.4. The van der Waals surface area contributed by atoms with E-state index in [1.54, 1.807) is 37.1 Å². The quantitative estimate of drug-likeness (QED) is 0.480. The van der Waals surface area contributed by atoms with Crippen LogP contribution in [0.3, 0.4) is 0 Å². The van der Waals surface area contributed by atoms with E-state index in [0.29, 0.717) is 29.1 Å². The molecular weight excluding hydrogens is 380 g/mol. The van der Waals surface area contributed by atoms with Crippen LogP contribution in [-0.2, 0) is 4.79 Å². The highest BCUT2D eigenvalue weighted by molar-refractivity contribution is 5.99. The van der Waals surface area contributed by atoms with Gasteiger partial charge in [0.15, 0.2) is 0 Å². The Kier molecular flexibility index (Phi) is 4.10. The Balaban J connectivity index is 1.54. The molecule has 0 unspecified atom stereocenters. The molecule has 4 N–H and O–H groups in total. The monoisotopic (exact) mass is 396 g/mol. The third-order valence-corrected chi connectivity index (χ3v) is 5.20. The first-order valence-corrected chi connectivity index (χ1v) is 9.34. The van der Waals surface area contributed by atoms with E-state index in [1.165, 1.54) is 0 Å². The van der Waals surface area contributed by atoms with E-state index in [-0.39, 0.29) is 17.7 Å². The van der Waals surface area contributed by atoms with Gasteiger partial charge in [0.2, 0.25) is 5.91 Å². The van der Waals surface area contributed by atoms with Gasteiger partial charge in [-0.3, -0.25) is 14.9 Å². The van der Waals surface area contributed by atoms with Crippen LogP contribution < -0.4 is 11.1 Å². The first-order valence-electron chi connectivity index (χ1n) is 9.34. The zero-order valence-corrected chi connectivity index (χ0v) is 15.7. The molecule has 5 rings (SSSR count). The molecule has 1 fully saturated rings. The molecule has 1 saturated carbocycles. The summed E-state index contributed by atoms with van der Waals surface area (Å²) in [5.41, 5.74) is 9.49. The molecule has 0 bridgehead atoms. The van der Waals surface area contributed by atoms with Crippen LogP contribution in [-0.4, -0.2) is 31.1 Å². The van der Waals surface area contributed by atoms with Crippen molar-refractivity contribution in [1.82, 2.24) is 25.1 Å². The molecule has 4 heterocycles. The van der Waals surface area contributed by atoms with Crippen molar-refractivity contribution in [2.45, 2.75) is 6.42 Å². The zero-order valence-electron chi connectivity index (χ0n) is 15.7. The highest BCUT2D eigenvalue weighted by atomic mass is 16.2. The SMILES string of the molecule is N#C[C@@H]1C[C@H]1C(=O)Nc1cc2cc(-c3cnccc3-c3cn[nH]c3)nc(N)c2cn1. The molecule has 1 aliphatic rings. The van der Waals surface area contributed by atoms with Gasteiger partial charge in [-0.2, -0.15) is 10.4 Å². The number of amides is 1. The number of fused-ring (bicyclic) bond motifs is 1. The van der Waals surface area contributed by atoms with Crippen LogP contribution >= 0.6 is 0 Å². The van der Waals surface area contributed by atoms with E-state index in [4.69, 9.17) is 11.0 Å². The van der Waals surface area contributed by atoms with Gasteiger partial charge < -0.3 is 11.1 Å². The largest absolute Gasteiger partial charge is 0.383 e. The average molecular weight is 396 g/mol. The Morgan fingerprint density at radius 3 is 2.93 bits per heavy atom. The number of hydrogen-bond donors (Lipinski definition) is 3. The summed E-state index contributed by atoms with van der Waals surface area (Å²) >= 11 is 0. The summed E-state index contributed by atoms with van der Waals surface area (Å²) in [5, 5.41) is 20.0. The maximum absolute atomic E-state index is 12.3. The van der Waals surface area contributed by atoms with E-state index in [2.05, 4.69) is 36.5 Å². The number of hydrogen-bond acceptors (Lipinski definition) is 7. The third-order valence-electron chi connectivity index (χ3n) is 5.20. The first kappa shape index (κ1) is 17.8. The van der Waals surface area contributed by atoms with Crippen LogP contribution in [0.1, 0.15) is 6.42 Å². The van der Waals surface area contributed by atoms with Gasteiger partial charge in [-0.1, -0.05) is 0 Å². The minimum Gasteiger partial charge on any atom is -0.383 e. The molecule has 1 aliphatic carbocycles. The van der Waals surface area contributed by atoms with Crippen molar-refractivity contribution in [3.05, 3.63) is 49.2 Å². The molecule has 9 heteroatoms. The van der Waals surface area contributed by atoms with Crippen molar-refractivity contribution >= 4 is 28.3 Å². The van der Waals surface area contributed by atoms with Gasteiger partial charge in [-0.05, 0) is 35.6 Å². The second-order valence-corrected chi connectivity index (χ2v) is 7.16. The summed E-state index contributed by atoms with van der Waals surface area (Å²) in [6, 6.07) is 7.65. The number of carbonyl (C=O) groups is 1. The molecule has 146 valence electrons. The lowest BCUT2D eigenvalue weighted by Crippen LogP contribution is -2.15. The molecule has 9 nitrogen and oxygen atoms in total. The third kappa shape index (κ3) is 3.10. The summed E-state index contributed by atoms with van der Waals surface area (Å²) in [6.07, 6.45) is 9.15. The predicted octanol–water partition coefficient (Wildman–Crippen LogP) is 2.76. The average Bonchev–Trinajstić information content (AvgIpc) is 3.36. The second kappa shape index (κ2) is 6.93. The number of nitrogens with two attached hydrogens (primary N) is 1. The summed E-state index contributed by atoms with van der Waals surface area (Å²) in [5.74, 6) is 0.0861. The number of aromatic amines is 1. The van der Waals surface area contributed by atoms with Crippen LogP contribution in [0.5, 0.6) is 0 Å². The number of rotatable bonds is 4. The van der Waals surface area contributed by atoms with Gasteiger partial charge in [0, 0.05) is 41.3 Å². The van der Waals surface area contributed by atoms with Gasteiger partial charge in [0.25, 0.3) is 0 Å². The molecule has 4 aromatic heterocycles. The standard InChI is InChI=1S/C21H16N8O/c22-6-12-3-15(12)21(30)29-19-5-11-4-18(28-20(23)16(11)10-25-19)17-9-24-2-1-14(17)13-7-26-27-8-13/h1-2,4-5,7-10,12,15H,3H2,(H2,23,28)(H,26,27)(H,25,29,30)/t12-,15+/m0/s1. The molecule has 0 radical (unpaired) electrons. The minimum absolute atomic E-state index is 0.190. The van der Waals surface area contributed by atoms with Crippen LogP contribution in [0.2, 0.25) is 0 Å². The van der Waals surface area contributed by atoms with Crippen molar-refractivity contribution < 1.29 is 4.79 Å². The number of anilines is 2. The van der Waals surface area contributed by atoms with Crippen LogP contribution in [0.4, 0.5) is 11.6 Å². The van der Waals surface area contributed by atoms with Gasteiger partial charge in [0.1, 0.15) is 11.6 Å². The molecule has 30 heavy (non-hydrogen) atoms. The summed E-state index contributed by atoms with van der Waals surface area (Å²) in [6.45, 7) is 0. The molecular formula is C21H16N8O. The maximum atomic E-state index is 12.3. The number of carbonyl (C=O) groups excluding carboxylic acids is 1. The van der Waals surface area contributed by atoms with Crippen molar-refractivity contribution in [2.75, 3.05) is 11.1 Å². The predicted molar refractivity (Wildman–Crippen MR) is 111 cm³/mol. The number of nitrogens with one attached hydrogen (secondary N) is 2. The topological polar surface area (TPSA) is 146 Å². The van der Waals surface area contributed by atoms with Crippen molar-refractivity contribution in [2.24, 2.45) is 11.8 Å². The van der Waals surface area contributed by atoms with E-state index in [9.17, 15) is 4.79 Å². The highest BCUT2D eigenvalue weighted by Gasteiger charge is 2.43. The van der Waals surface area contributed by atoms with E-state index in [1.807, 2.05) is 12.1 Å². The van der Waals surface area contributed by atoms with E-state index >= 15 is 0 Å². The Morgan fingerprint density at radius 1 is 1.27 bits per heavy atom. The number of nitriles is 1. The number of nitrogen functional groups attached to an aromatic ring is 1. The smallest absolute Gasteiger partial charge is 0.230 e. The zero-order chi connectivity index (χ0) is 20.7. The second-order valence-electron chi connectivity index (χ2n) is 7.16. The van der Waals surface area contributed by atoms with E-state index in [0.717, 1.165) is 22.1 Å². The fourth-order valence-corrected chi connectivity index (χ4v) is 3.48. The molecule has 2 atom stereocenters. The van der Waals surface area contributed by atoms with Crippen molar-refractivity contribution in [3.63, 3.8) is 0 Å². The van der Waals surface area contributed by atoms with Gasteiger partial charge in [-0.25, -0.2) is 9.97 Å². The van der Waals surface area contributed by atoms with Crippen LogP contribution in [0, 0.1) is 23.2 Å². The number of aromatic nitrogens is 5. The van der Waals surface area contributed by atoms with Gasteiger partial charge in [0.05, 0.1) is 29.8 Å². The van der Waals surface area contributed by atoms with Crippen molar-refractivity contribution in [3.8, 4) is 28.5 Å². The minimum atomic E-state index is -0.265. The lowest BCUT2D eigenvalue weighted by atomic mass is 10.0.